The minimum absolute atomic E-state index is 0.0307. The summed E-state index contributed by atoms with van der Waals surface area (Å²) in [6.45, 7) is 7.17. The number of benzene rings is 1. The third-order valence-corrected chi connectivity index (χ3v) is 4.32. The molecule has 25 heavy (non-hydrogen) atoms. The summed E-state index contributed by atoms with van der Waals surface area (Å²) in [5, 5.41) is 5.60. The van der Waals surface area contributed by atoms with Gasteiger partial charge < -0.3 is 15.0 Å². The fraction of sp³-hybridized carbons (Fsp3) is 0.474. The maximum absolute atomic E-state index is 12.0. The highest BCUT2D eigenvalue weighted by Crippen LogP contribution is 2.29. The van der Waals surface area contributed by atoms with Crippen LogP contribution in [0.1, 0.15) is 33.6 Å². The largest absolute Gasteiger partial charge is 0.444 e. The van der Waals surface area contributed by atoms with E-state index in [0.29, 0.717) is 11.7 Å². The van der Waals surface area contributed by atoms with E-state index in [2.05, 4.69) is 21.3 Å². The third-order valence-electron chi connectivity index (χ3n) is 4.13. The molecule has 0 unspecified atom stereocenters. The Morgan fingerprint density at radius 1 is 1.36 bits per heavy atom. The second kappa shape index (κ2) is 7.08. The molecule has 0 saturated carbocycles. The van der Waals surface area contributed by atoms with Crippen LogP contribution in [0, 0.1) is 0 Å². The average molecular weight is 362 g/mol. The van der Waals surface area contributed by atoms with Crippen LogP contribution in [0.15, 0.2) is 30.3 Å². The number of rotatable bonds is 2. The Hall–Kier alpha value is -2.01. The molecule has 1 aromatic heterocycles. The fourth-order valence-corrected chi connectivity index (χ4v) is 3.35. The number of aromatic nitrogens is 1. The summed E-state index contributed by atoms with van der Waals surface area (Å²) in [7, 11) is 0. The third kappa shape index (κ3) is 4.54. The molecule has 0 aliphatic carbocycles. The van der Waals surface area contributed by atoms with Crippen molar-refractivity contribution in [3.63, 3.8) is 0 Å². The molecule has 6 heteroatoms. The normalized spacial score (nSPS) is 18.2. The molecule has 3 rings (SSSR count). The summed E-state index contributed by atoms with van der Waals surface area (Å²) >= 11 is 6.21. The maximum atomic E-state index is 12.0. The first kappa shape index (κ1) is 17.8. The Bertz CT molecular complexity index is 773. The van der Waals surface area contributed by atoms with E-state index in [4.69, 9.17) is 16.3 Å². The van der Waals surface area contributed by atoms with Crippen LogP contribution in [0.5, 0.6) is 0 Å². The van der Waals surface area contributed by atoms with Crippen molar-refractivity contribution in [1.29, 1.82) is 0 Å². The van der Waals surface area contributed by atoms with Crippen LogP contribution in [0.4, 0.5) is 10.6 Å². The van der Waals surface area contributed by atoms with E-state index in [1.807, 2.05) is 45.0 Å². The van der Waals surface area contributed by atoms with Gasteiger partial charge in [0.15, 0.2) is 0 Å². The van der Waals surface area contributed by atoms with E-state index in [1.54, 1.807) is 0 Å². The number of ether oxygens (including phenoxy) is 1. The van der Waals surface area contributed by atoms with E-state index in [0.717, 1.165) is 36.0 Å². The highest BCUT2D eigenvalue weighted by Gasteiger charge is 2.25. The van der Waals surface area contributed by atoms with Gasteiger partial charge >= 0.3 is 6.09 Å². The van der Waals surface area contributed by atoms with Crippen molar-refractivity contribution in [2.24, 2.45) is 0 Å². The first-order valence-corrected chi connectivity index (χ1v) is 8.99. The Balaban J connectivity index is 1.77. The zero-order valence-electron chi connectivity index (χ0n) is 14.9. The van der Waals surface area contributed by atoms with Crippen LogP contribution in [0.25, 0.3) is 10.8 Å². The number of pyridine rings is 1. The van der Waals surface area contributed by atoms with Gasteiger partial charge in [-0.25, -0.2) is 9.78 Å². The average Bonchev–Trinajstić information content (AvgIpc) is 2.52. The van der Waals surface area contributed by atoms with Crippen molar-refractivity contribution in [2.75, 3.05) is 18.0 Å². The summed E-state index contributed by atoms with van der Waals surface area (Å²) < 4.78 is 5.37. The number of hydrogen-bond donors (Lipinski definition) is 1. The van der Waals surface area contributed by atoms with Crippen LogP contribution in [-0.2, 0) is 4.74 Å². The Morgan fingerprint density at radius 2 is 2.12 bits per heavy atom. The summed E-state index contributed by atoms with van der Waals surface area (Å²) in [6, 6.07) is 9.99. The number of nitrogens with zero attached hydrogens (tertiary/aromatic N) is 2. The van der Waals surface area contributed by atoms with E-state index in [-0.39, 0.29) is 12.1 Å². The number of halogens is 1. The lowest BCUT2D eigenvalue weighted by Gasteiger charge is -2.35. The fourth-order valence-electron chi connectivity index (χ4n) is 3.15. The minimum atomic E-state index is -0.497. The summed E-state index contributed by atoms with van der Waals surface area (Å²) in [5.74, 6) is 0.874. The molecule has 1 saturated heterocycles. The second-order valence-corrected chi connectivity index (χ2v) is 7.81. The Labute approximate surface area is 153 Å². The van der Waals surface area contributed by atoms with Gasteiger partial charge in [-0.15, -0.1) is 0 Å². The lowest BCUT2D eigenvalue weighted by Crippen LogP contribution is -2.49. The van der Waals surface area contributed by atoms with E-state index in [9.17, 15) is 4.79 Å². The van der Waals surface area contributed by atoms with Crippen LogP contribution in [-0.4, -0.2) is 35.8 Å². The van der Waals surface area contributed by atoms with Gasteiger partial charge in [0.05, 0.1) is 0 Å². The predicted octanol–water partition coefficient (Wildman–Crippen LogP) is 4.38. The smallest absolute Gasteiger partial charge is 0.407 e. The summed E-state index contributed by atoms with van der Waals surface area (Å²) in [4.78, 5) is 18.8. The first-order valence-electron chi connectivity index (χ1n) is 8.61. The maximum Gasteiger partial charge on any atom is 0.407 e. The number of amides is 1. The van der Waals surface area contributed by atoms with E-state index >= 15 is 0 Å². The number of nitrogens with one attached hydrogen (secondary N) is 1. The molecular formula is C19H24ClN3O2. The van der Waals surface area contributed by atoms with Crippen molar-refractivity contribution < 1.29 is 9.53 Å². The molecule has 1 aromatic carbocycles. The zero-order chi connectivity index (χ0) is 18.0. The van der Waals surface area contributed by atoms with Crippen molar-refractivity contribution in [1.82, 2.24) is 10.3 Å². The molecule has 1 N–H and O–H groups in total. The Morgan fingerprint density at radius 3 is 2.88 bits per heavy atom. The number of hydrogen-bond acceptors (Lipinski definition) is 4. The SMILES string of the molecule is CC(C)(C)OC(=O)N[C@H]1CCCN(c2nc(Cl)cc3ccccc23)C1. The molecule has 1 aliphatic heterocycles. The predicted molar refractivity (Wildman–Crippen MR) is 101 cm³/mol. The topological polar surface area (TPSA) is 54.5 Å². The van der Waals surface area contributed by atoms with Crippen LogP contribution in [0.2, 0.25) is 5.15 Å². The van der Waals surface area contributed by atoms with Gasteiger partial charge in [0.25, 0.3) is 0 Å². The van der Waals surface area contributed by atoms with Gasteiger partial charge in [-0.1, -0.05) is 35.9 Å². The number of carbonyl (C=O) groups is 1. The molecule has 0 radical (unpaired) electrons. The molecule has 134 valence electrons. The molecule has 1 fully saturated rings. The quantitative estimate of drug-likeness (QED) is 0.806. The molecule has 1 amide bonds. The molecule has 5 nitrogen and oxygen atoms in total. The molecule has 1 aliphatic rings. The monoisotopic (exact) mass is 361 g/mol. The van der Waals surface area contributed by atoms with Crippen molar-refractivity contribution in [3.8, 4) is 0 Å². The number of fused-ring (bicyclic) bond motifs is 1. The first-order chi connectivity index (χ1) is 11.8. The van der Waals surface area contributed by atoms with Gasteiger partial charge in [-0.2, -0.15) is 0 Å². The number of carbonyl (C=O) groups excluding carboxylic acids is 1. The number of alkyl carbamates (subject to hydrolysis) is 1. The van der Waals surface area contributed by atoms with E-state index < -0.39 is 5.60 Å². The van der Waals surface area contributed by atoms with Crippen molar-refractivity contribution in [2.45, 2.75) is 45.3 Å². The molecule has 1 atom stereocenters. The molecule has 0 bridgehead atoms. The number of piperidine rings is 1. The van der Waals surface area contributed by atoms with Gasteiger partial charge in [0.1, 0.15) is 16.6 Å². The highest BCUT2D eigenvalue weighted by atomic mass is 35.5. The second-order valence-electron chi connectivity index (χ2n) is 7.42. The molecular weight excluding hydrogens is 338 g/mol. The van der Waals surface area contributed by atoms with Crippen LogP contribution < -0.4 is 10.2 Å². The summed E-state index contributed by atoms with van der Waals surface area (Å²) in [6.07, 6.45) is 1.53. The van der Waals surface area contributed by atoms with Gasteiger partial charge in [-0.3, -0.25) is 0 Å². The minimum Gasteiger partial charge on any atom is -0.444 e. The lowest BCUT2D eigenvalue weighted by atomic mass is 10.0. The van der Waals surface area contributed by atoms with Crippen molar-refractivity contribution >= 4 is 34.3 Å². The summed E-state index contributed by atoms with van der Waals surface area (Å²) in [5.41, 5.74) is -0.497. The highest BCUT2D eigenvalue weighted by molar-refractivity contribution is 6.30. The van der Waals surface area contributed by atoms with Gasteiger partial charge in [0, 0.05) is 24.5 Å². The Kier molecular flexibility index (Phi) is 5.04. The zero-order valence-corrected chi connectivity index (χ0v) is 15.6. The van der Waals surface area contributed by atoms with Gasteiger partial charge in [0.2, 0.25) is 0 Å². The molecule has 2 aromatic rings. The van der Waals surface area contributed by atoms with Crippen molar-refractivity contribution in [3.05, 3.63) is 35.5 Å². The standard InChI is InChI=1S/C19H24ClN3O2/c1-19(2,3)25-18(24)21-14-8-6-10-23(12-14)17-15-9-5-4-7-13(15)11-16(20)22-17/h4-5,7,9,11,14H,6,8,10,12H2,1-3H3,(H,21,24)/t14-/m0/s1. The van der Waals surface area contributed by atoms with E-state index in [1.165, 1.54) is 0 Å². The van der Waals surface area contributed by atoms with Gasteiger partial charge in [-0.05, 0) is 45.1 Å². The molecule has 2 heterocycles. The lowest BCUT2D eigenvalue weighted by molar-refractivity contribution is 0.0500. The van der Waals surface area contributed by atoms with Crippen LogP contribution >= 0.6 is 11.6 Å². The van der Waals surface area contributed by atoms with Crippen LogP contribution in [0.3, 0.4) is 0 Å². The molecule has 0 spiro atoms. The number of anilines is 1.